The predicted molar refractivity (Wildman–Crippen MR) is 73.6 cm³/mol. The molecule has 0 radical (unpaired) electrons. The molecule has 0 spiro atoms. The van der Waals surface area contributed by atoms with Crippen molar-refractivity contribution in [2.45, 2.75) is 76.5 Å². The lowest BCUT2D eigenvalue weighted by atomic mass is 9.85. The van der Waals surface area contributed by atoms with E-state index in [4.69, 9.17) is 4.74 Å². The molecule has 0 bridgehead atoms. The molecule has 2 aliphatic carbocycles. The summed E-state index contributed by atoms with van der Waals surface area (Å²) in [6, 6.07) is 0.649. The first-order chi connectivity index (χ1) is 8.59. The molecule has 0 heterocycles. The first kappa shape index (κ1) is 14.3. The van der Waals surface area contributed by atoms with Gasteiger partial charge < -0.3 is 15.2 Å². The SMILES string of the molecule is CCC1CCCC(OCC(C)(O)CNC2CC2)C1. The van der Waals surface area contributed by atoms with Gasteiger partial charge in [-0.3, -0.25) is 0 Å². The number of nitrogens with one attached hydrogen (secondary N) is 1. The standard InChI is InChI=1S/C15H29NO2/c1-3-12-5-4-6-14(9-12)18-11-15(2,17)10-16-13-7-8-13/h12-14,16-17H,3-11H2,1-2H3. The van der Waals surface area contributed by atoms with Crippen molar-refractivity contribution in [3.8, 4) is 0 Å². The second-order valence-corrected chi connectivity index (χ2v) is 6.53. The Morgan fingerprint density at radius 2 is 2.06 bits per heavy atom. The smallest absolute Gasteiger partial charge is 0.0975 e. The van der Waals surface area contributed by atoms with Crippen LogP contribution in [0.1, 0.15) is 58.8 Å². The van der Waals surface area contributed by atoms with E-state index in [-0.39, 0.29) is 0 Å². The van der Waals surface area contributed by atoms with Gasteiger partial charge in [0, 0.05) is 12.6 Å². The summed E-state index contributed by atoms with van der Waals surface area (Å²) in [5.74, 6) is 0.832. The van der Waals surface area contributed by atoms with Crippen molar-refractivity contribution in [2.24, 2.45) is 5.92 Å². The minimum absolute atomic E-state index is 0.371. The van der Waals surface area contributed by atoms with E-state index < -0.39 is 5.60 Å². The van der Waals surface area contributed by atoms with Crippen molar-refractivity contribution in [3.05, 3.63) is 0 Å². The van der Waals surface area contributed by atoms with Crippen molar-refractivity contribution in [3.63, 3.8) is 0 Å². The van der Waals surface area contributed by atoms with E-state index in [1.165, 1.54) is 44.9 Å². The Hall–Kier alpha value is -0.120. The first-order valence-corrected chi connectivity index (χ1v) is 7.66. The van der Waals surface area contributed by atoms with Crippen LogP contribution in [0, 0.1) is 5.92 Å². The average molecular weight is 255 g/mol. The van der Waals surface area contributed by atoms with E-state index in [0.29, 0.717) is 25.3 Å². The minimum Gasteiger partial charge on any atom is -0.386 e. The van der Waals surface area contributed by atoms with Crippen LogP contribution in [0.4, 0.5) is 0 Å². The van der Waals surface area contributed by atoms with Crippen LogP contribution in [0.5, 0.6) is 0 Å². The van der Waals surface area contributed by atoms with Crippen molar-refractivity contribution in [2.75, 3.05) is 13.2 Å². The lowest BCUT2D eigenvalue weighted by Gasteiger charge is -2.31. The Balaban J connectivity index is 1.65. The summed E-state index contributed by atoms with van der Waals surface area (Å²) in [5.41, 5.74) is -0.720. The zero-order chi connectivity index (χ0) is 13.0. The van der Waals surface area contributed by atoms with E-state index >= 15 is 0 Å². The highest BCUT2D eigenvalue weighted by atomic mass is 16.5. The number of hydrogen-bond acceptors (Lipinski definition) is 3. The number of hydrogen-bond donors (Lipinski definition) is 2. The normalized spacial score (nSPS) is 32.2. The fourth-order valence-electron chi connectivity index (χ4n) is 2.76. The van der Waals surface area contributed by atoms with Gasteiger partial charge >= 0.3 is 0 Å². The van der Waals surface area contributed by atoms with Crippen LogP contribution in [0.25, 0.3) is 0 Å². The van der Waals surface area contributed by atoms with Gasteiger partial charge in [0.05, 0.1) is 18.3 Å². The summed E-state index contributed by atoms with van der Waals surface area (Å²) in [4.78, 5) is 0. The lowest BCUT2D eigenvalue weighted by molar-refractivity contribution is -0.0759. The summed E-state index contributed by atoms with van der Waals surface area (Å²) in [6.45, 7) is 5.26. The third kappa shape index (κ3) is 4.87. The Kier molecular flexibility index (Phi) is 5.05. The molecule has 2 aliphatic rings. The van der Waals surface area contributed by atoms with Gasteiger partial charge in [-0.05, 0) is 38.5 Å². The van der Waals surface area contributed by atoms with Gasteiger partial charge in [-0.15, -0.1) is 0 Å². The Labute approximate surface area is 111 Å². The molecule has 0 aromatic carbocycles. The van der Waals surface area contributed by atoms with Crippen LogP contribution in [-0.4, -0.2) is 36.0 Å². The van der Waals surface area contributed by atoms with Crippen LogP contribution in [-0.2, 0) is 4.74 Å². The predicted octanol–water partition coefficient (Wildman–Crippen LogP) is 2.47. The van der Waals surface area contributed by atoms with Crippen molar-refractivity contribution >= 4 is 0 Å². The van der Waals surface area contributed by atoms with Crippen molar-refractivity contribution in [1.29, 1.82) is 0 Å². The van der Waals surface area contributed by atoms with Gasteiger partial charge in [-0.2, -0.15) is 0 Å². The maximum atomic E-state index is 10.3. The highest BCUT2D eigenvalue weighted by molar-refractivity contribution is 4.86. The quantitative estimate of drug-likeness (QED) is 0.734. The largest absolute Gasteiger partial charge is 0.386 e. The van der Waals surface area contributed by atoms with Gasteiger partial charge in [0.15, 0.2) is 0 Å². The summed E-state index contributed by atoms with van der Waals surface area (Å²) in [6.07, 6.45) is 9.15. The molecule has 3 heteroatoms. The average Bonchev–Trinajstić information content (AvgIpc) is 3.19. The van der Waals surface area contributed by atoms with E-state index in [1.807, 2.05) is 6.92 Å². The summed E-state index contributed by atoms with van der Waals surface area (Å²) in [5, 5.41) is 13.6. The number of aliphatic hydroxyl groups is 1. The molecule has 18 heavy (non-hydrogen) atoms. The number of rotatable bonds is 7. The second kappa shape index (κ2) is 6.36. The van der Waals surface area contributed by atoms with E-state index in [9.17, 15) is 5.11 Å². The van der Waals surface area contributed by atoms with Gasteiger partial charge in [0.25, 0.3) is 0 Å². The minimum atomic E-state index is -0.720. The molecule has 3 unspecified atom stereocenters. The molecule has 0 aromatic heterocycles. The fourth-order valence-corrected chi connectivity index (χ4v) is 2.76. The van der Waals surface area contributed by atoms with Gasteiger partial charge in [-0.1, -0.05) is 26.2 Å². The van der Waals surface area contributed by atoms with E-state index in [2.05, 4.69) is 12.2 Å². The molecule has 106 valence electrons. The maximum Gasteiger partial charge on any atom is 0.0975 e. The lowest BCUT2D eigenvalue weighted by Crippen LogP contribution is -2.44. The molecule has 0 amide bonds. The van der Waals surface area contributed by atoms with Crippen LogP contribution >= 0.6 is 0 Å². The Morgan fingerprint density at radius 3 is 2.72 bits per heavy atom. The third-order valence-corrected chi connectivity index (χ3v) is 4.29. The van der Waals surface area contributed by atoms with Crippen LogP contribution in [0.2, 0.25) is 0 Å². The molecule has 0 saturated heterocycles. The maximum absolute atomic E-state index is 10.3. The molecule has 3 nitrogen and oxygen atoms in total. The summed E-state index contributed by atoms with van der Waals surface area (Å²) in [7, 11) is 0. The van der Waals surface area contributed by atoms with E-state index in [0.717, 1.165) is 5.92 Å². The molecule has 3 atom stereocenters. The second-order valence-electron chi connectivity index (χ2n) is 6.53. The summed E-state index contributed by atoms with van der Waals surface area (Å²) < 4.78 is 5.94. The topological polar surface area (TPSA) is 41.5 Å². The van der Waals surface area contributed by atoms with Crippen LogP contribution < -0.4 is 5.32 Å². The van der Waals surface area contributed by atoms with Crippen LogP contribution in [0.15, 0.2) is 0 Å². The molecule has 2 fully saturated rings. The van der Waals surface area contributed by atoms with Gasteiger partial charge in [0.1, 0.15) is 0 Å². The van der Waals surface area contributed by atoms with Gasteiger partial charge in [0.2, 0.25) is 0 Å². The van der Waals surface area contributed by atoms with Crippen molar-refractivity contribution in [1.82, 2.24) is 5.32 Å². The van der Waals surface area contributed by atoms with Crippen LogP contribution in [0.3, 0.4) is 0 Å². The molecule has 2 saturated carbocycles. The number of ether oxygens (including phenoxy) is 1. The zero-order valence-electron chi connectivity index (χ0n) is 12.0. The van der Waals surface area contributed by atoms with Crippen molar-refractivity contribution < 1.29 is 9.84 Å². The zero-order valence-corrected chi connectivity index (χ0v) is 12.0. The molecule has 2 rings (SSSR count). The molecule has 0 aromatic rings. The molecule has 2 N–H and O–H groups in total. The Bertz CT molecular complexity index is 251. The summed E-state index contributed by atoms with van der Waals surface area (Å²) >= 11 is 0. The fraction of sp³-hybridized carbons (Fsp3) is 1.00. The highest BCUT2D eigenvalue weighted by Crippen LogP contribution is 2.29. The molecular formula is C15H29NO2. The van der Waals surface area contributed by atoms with E-state index in [1.54, 1.807) is 0 Å². The van der Waals surface area contributed by atoms with Gasteiger partial charge in [-0.25, -0.2) is 0 Å². The Morgan fingerprint density at radius 1 is 1.28 bits per heavy atom. The highest BCUT2D eigenvalue weighted by Gasteiger charge is 2.29. The first-order valence-electron chi connectivity index (χ1n) is 7.66. The monoisotopic (exact) mass is 255 g/mol. The third-order valence-electron chi connectivity index (χ3n) is 4.29. The molecular weight excluding hydrogens is 226 g/mol. The molecule has 0 aliphatic heterocycles.